The number of phenols is 1. The van der Waals surface area contributed by atoms with E-state index in [0.29, 0.717) is 40.8 Å². The predicted octanol–water partition coefficient (Wildman–Crippen LogP) is 7.07. The van der Waals surface area contributed by atoms with Crippen LogP contribution in [0.5, 0.6) is 11.5 Å². The summed E-state index contributed by atoms with van der Waals surface area (Å²) in [5.41, 5.74) is 0.682. The van der Waals surface area contributed by atoms with Crippen molar-refractivity contribution in [2.45, 2.75) is 25.2 Å². The van der Waals surface area contributed by atoms with E-state index in [4.69, 9.17) is 16.3 Å². The Morgan fingerprint density at radius 3 is 2.34 bits per heavy atom. The maximum atomic E-state index is 13.1. The molecule has 4 aromatic rings. The van der Waals surface area contributed by atoms with Crippen molar-refractivity contribution in [3.63, 3.8) is 0 Å². The first kappa shape index (κ1) is 27.1. The van der Waals surface area contributed by atoms with Crippen molar-refractivity contribution < 1.29 is 27.6 Å². The fourth-order valence-electron chi connectivity index (χ4n) is 3.90. The number of benzene rings is 4. The molecule has 0 saturated carbocycles. The number of hydrogen-bond acceptors (Lipinski definition) is 7. The van der Waals surface area contributed by atoms with Crippen LogP contribution < -0.4 is 10.1 Å². The molecule has 4 rings (SSSR count). The van der Waals surface area contributed by atoms with Crippen LogP contribution >= 0.6 is 11.6 Å². The lowest BCUT2D eigenvalue weighted by Gasteiger charge is -2.12. The van der Waals surface area contributed by atoms with Gasteiger partial charge in [-0.25, -0.2) is 0 Å². The van der Waals surface area contributed by atoms with E-state index < -0.39 is 26.7 Å². The molecule has 0 heterocycles. The van der Waals surface area contributed by atoms with E-state index in [-0.39, 0.29) is 22.0 Å². The van der Waals surface area contributed by atoms with E-state index in [9.17, 15) is 22.9 Å². The van der Waals surface area contributed by atoms with Crippen molar-refractivity contribution in [3.8, 4) is 11.5 Å². The van der Waals surface area contributed by atoms with E-state index in [1.54, 1.807) is 55.5 Å². The number of anilines is 1. The lowest BCUT2D eigenvalue weighted by atomic mass is 10.0. The highest BCUT2D eigenvalue weighted by Crippen LogP contribution is 2.41. The Kier molecular flexibility index (Phi) is 7.96. The van der Waals surface area contributed by atoms with Crippen LogP contribution in [0.2, 0.25) is 5.02 Å². The van der Waals surface area contributed by atoms with Crippen LogP contribution in [-0.2, 0) is 16.5 Å². The fraction of sp³-hybridized carbons (Fsp3) is 0.148. The van der Waals surface area contributed by atoms with Crippen LogP contribution in [-0.4, -0.2) is 30.6 Å². The molecule has 0 saturated heterocycles. The summed E-state index contributed by atoms with van der Waals surface area (Å²) in [6.45, 7) is 4.14. The third-order valence-electron chi connectivity index (χ3n) is 5.69. The van der Waals surface area contributed by atoms with Gasteiger partial charge in [-0.1, -0.05) is 42.8 Å². The van der Waals surface area contributed by atoms with E-state index in [1.165, 1.54) is 12.1 Å². The van der Waals surface area contributed by atoms with E-state index in [1.807, 2.05) is 6.92 Å². The number of hydrogen-bond donors (Lipinski definition) is 3. The van der Waals surface area contributed by atoms with E-state index >= 15 is 0 Å². The Morgan fingerprint density at radius 1 is 1.00 bits per heavy atom. The molecule has 0 radical (unpaired) electrons. The number of aromatic hydroxyl groups is 1. The lowest BCUT2D eigenvalue weighted by Crippen LogP contribution is -2.12. The third kappa shape index (κ3) is 5.77. The highest BCUT2D eigenvalue weighted by atomic mass is 35.5. The number of rotatable bonds is 8. The van der Waals surface area contributed by atoms with Crippen LogP contribution in [0.25, 0.3) is 10.8 Å². The number of carbonyl (C=O) groups excluding carboxylic acids is 1. The number of nitrogens with one attached hydrogen (secondary N) is 1. The van der Waals surface area contributed by atoms with Gasteiger partial charge in [0.2, 0.25) is 0 Å². The van der Waals surface area contributed by atoms with Gasteiger partial charge in [0.25, 0.3) is 16.0 Å². The SMILES string of the molecule is CCOc1ccc(NC(=O)c2cc3ccccc3c(N=Nc3c(CC)cc(Cl)cc3S(=O)(=O)O)c2O)cc1. The number of phenolic OH excluding ortho intramolecular Hbond substituents is 1. The van der Waals surface area contributed by atoms with Gasteiger partial charge >= 0.3 is 0 Å². The summed E-state index contributed by atoms with van der Waals surface area (Å²) in [7, 11) is -4.68. The highest BCUT2D eigenvalue weighted by Gasteiger charge is 2.22. The minimum Gasteiger partial charge on any atom is -0.505 e. The number of ether oxygens (including phenoxy) is 1. The first-order chi connectivity index (χ1) is 18.1. The summed E-state index contributed by atoms with van der Waals surface area (Å²) in [5, 5.41) is 23.3. The number of carbonyl (C=O) groups is 1. The van der Waals surface area contributed by atoms with Crippen molar-refractivity contribution in [2.75, 3.05) is 11.9 Å². The Morgan fingerprint density at radius 2 is 1.68 bits per heavy atom. The van der Waals surface area contributed by atoms with Crippen molar-refractivity contribution in [2.24, 2.45) is 10.2 Å². The van der Waals surface area contributed by atoms with Crippen molar-refractivity contribution in [1.29, 1.82) is 0 Å². The molecule has 0 atom stereocenters. The number of fused-ring (bicyclic) bond motifs is 1. The molecule has 196 valence electrons. The Bertz CT molecular complexity index is 1650. The van der Waals surface area contributed by atoms with E-state index in [0.717, 1.165) is 6.07 Å². The lowest BCUT2D eigenvalue weighted by molar-refractivity contribution is 0.102. The number of amides is 1. The van der Waals surface area contributed by atoms with Gasteiger partial charge < -0.3 is 15.2 Å². The van der Waals surface area contributed by atoms with Crippen LogP contribution in [0.15, 0.2) is 81.9 Å². The largest absolute Gasteiger partial charge is 0.505 e. The van der Waals surface area contributed by atoms with Gasteiger partial charge in [0.1, 0.15) is 22.0 Å². The first-order valence-corrected chi connectivity index (χ1v) is 13.4. The Hall–Kier alpha value is -3.99. The molecule has 0 fully saturated rings. The molecule has 38 heavy (non-hydrogen) atoms. The normalized spacial score (nSPS) is 11.7. The topological polar surface area (TPSA) is 138 Å². The molecule has 0 aromatic heterocycles. The van der Waals surface area contributed by atoms with E-state index in [2.05, 4.69) is 15.5 Å². The van der Waals surface area contributed by atoms with Crippen LogP contribution in [0.4, 0.5) is 17.1 Å². The minimum absolute atomic E-state index is 0.0433. The first-order valence-electron chi connectivity index (χ1n) is 11.6. The van der Waals surface area contributed by atoms with Gasteiger partial charge in [-0.15, -0.1) is 10.2 Å². The molecule has 0 aliphatic carbocycles. The van der Waals surface area contributed by atoms with Crippen LogP contribution in [0.3, 0.4) is 0 Å². The van der Waals surface area contributed by atoms with Crippen molar-refractivity contribution in [1.82, 2.24) is 0 Å². The second-order valence-corrected chi connectivity index (χ2v) is 10.0. The van der Waals surface area contributed by atoms with Gasteiger partial charge in [-0.3, -0.25) is 9.35 Å². The minimum atomic E-state index is -4.68. The molecule has 3 N–H and O–H groups in total. The zero-order chi connectivity index (χ0) is 27.4. The molecule has 4 aromatic carbocycles. The second kappa shape index (κ2) is 11.2. The number of nitrogens with zero attached hydrogens (tertiary/aromatic N) is 2. The molecule has 9 nitrogen and oxygen atoms in total. The molecule has 1 amide bonds. The monoisotopic (exact) mass is 553 g/mol. The summed E-state index contributed by atoms with van der Waals surface area (Å²) in [6.07, 6.45) is 0.342. The van der Waals surface area contributed by atoms with Gasteiger partial charge in [0.05, 0.1) is 12.2 Å². The fourth-order valence-corrected chi connectivity index (χ4v) is 4.90. The second-order valence-electron chi connectivity index (χ2n) is 8.19. The standard InChI is InChI=1S/C27H24ClN3O6S/c1-3-16-13-18(28)15-23(38(34,35)36)24(16)30-31-25-21-8-6-5-7-17(21)14-22(26(25)32)27(33)29-19-9-11-20(12-10-19)37-4-2/h5-15,32H,3-4H2,1-2H3,(H,29,33)(H,34,35,36). The maximum absolute atomic E-state index is 13.1. The summed E-state index contributed by atoms with van der Waals surface area (Å²) in [5.74, 6) is -0.385. The summed E-state index contributed by atoms with van der Waals surface area (Å²) >= 11 is 6.03. The van der Waals surface area contributed by atoms with Crippen LogP contribution in [0, 0.1) is 0 Å². The molecule has 0 unspecified atom stereocenters. The van der Waals surface area contributed by atoms with Crippen LogP contribution in [0.1, 0.15) is 29.8 Å². The highest BCUT2D eigenvalue weighted by molar-refractivity contribution is 7.86. The molecule has 0 bridgehead atoms. The molecule has 0 aliphatic rings. The van der Waals surface area contributed by atoms with Gasteiger partial charge in [0, 0.05) is 16.1 Å². The Labute approximate surface area is 224 Å². The molecule has 0 aliphatic heterocycles. The van der Waals surface area contributed by atoms with Crippen molar-refractivity contribution >= 4 is 55.5 Å². The zero-order valence-corrected chi connectivity index (χ0v) is 22.0. The quantitative estimate of drug-likeness (QED) is 0.157. The molecule has 0 spiro atoms. The summed E-state index contributed by atoms with van der Waals surface area (Å²) in [6, 6.07) is 17.8. The molecular formula is C27H24ClN3O6S. The number of aryl methyl sites for hydroxylation is 1. The maximum Gasteiger partial charge on any atom is 0.296 e. The molecular weight excluding hydrogens is 530 g/mol. The molecule has 11 heteroatoms. The van der Waals surface area contributed by atoms with Gasteiger partial charge in [-0.2, -0.15) is 8.42 Å². The Balaban J connectivity index is 1.80. The van der Waals surface area contributed by atoms with Gasteiger partial charge in [0.15, 0.2) is 5.75 Å². The number of halogens is 1. The third-order valence-corrected chi connectivity index (χ3v) is 6.78. The van der Waals surface area contributed by atoms with Crippen molar-refractivity contribution in [3.05, 3.63) is 82.9 Å². The average molecular weight is 554 g/mol. The van der Waals surface area contributed by atoms with Gasteiger partial charge in [-0.05, 0) is 66.8 Å². The number of azo groups is 1. The predicted molar refractivity (Wildman–Crippen MR) is 146 cm³/mol. The smallest absolute Gasteiger partial charge is 0.296 e. The summed E-state index contributed by atoms with van der Waals surface area (Å²) < 4.78 is 39.2. The summed E-state index contributed by atoms with van der Waals surface area (Å²) in [4.78, 5) is 12.6. The zero-order valence-electron chi connectivity index (χ0n) is 20.5. The average Bonchev–Trinajstić information content (AvgIpc) is 2.88.